The number of amides is 1. The minimum absolute atomic E-state index is 0.0117. The SMILES string of the molecule is CCCCCN(Cc1ccccc1C)C(=O)C(=N)CC(C)=N. The summed E-state index contributed by atoms with van der Waals surface area (Å²) in [5.41, 5.74) is 2.64. The fraction of sp³-hybridized carbons (Fsp3) is 0.500. The van der Waals surface area contributed by atoms with E-state index >= 15 is 0 Å². The van der Waals surface area contributed by atoms with Crippen molar-refractivity contribution in [3.8, 4) is 0 Å². The number of aryl methyl sites for hydroxylation is 1. The Morgan fingerprint density at radius 3 is 2.45 bits per heavy atom. The third-order valence-electron chi connectivity index (χ3n) is 3.64. The van der Waals surface area contributed by atoms with E-state index < -0.39 is 0 Å². The van der Waals surface area contributed by atoms with E-state index in [1.54, 1.807) is 11.8 Å². The summed E-state index contributed by atoms with van der Waals surface area (Å²) in [6, 6.07) is 8.03. The van der Waals surface area contributed by atoms with Gasteiger partial charge in [-0.15, -0.1) is 0 Å². The number of unbranched alkanes of at least 4 members (excludes halogenated alkanes) is 2. The first-order chi connectivity index (χ1) is 10.5. The Kier molecular flexibility index (Phi) is 7.50. The van der Waals surface area contributed by atoms with E-state index in [9.17, 15) is 4.79 Å². The molecule has 0 aromatic heterocycles. The molecule has 0 aliphatic rings. The maximum atomic E-state index is 12.5. The van der Waals surface area contributed by atoms with Crippen LogP contribution in [0.15, 0.2) is 24.3 Å². The van der Waals surface area contributed by atoms with Gasteiger partial charge in [0.25, 0.3) is 5.91 Å². The Morgan fingerprint density at radius 1 is 1.18 bits per heavy atom. The lowest BCUT2D eigenvalue weighted by Crippen LogP contribution is -2.37. The average molecular weight is 301 g/mol. The molecule has 0 saturated carbocycles. The van der Waals surface area contributed by atoms with Gasteiger partial charge in [0.1, 0.15) is 5.71 Å². The van der Waals surface area contributed by atoms with Crippen molar-refractivity contribution in [3.05, 3.63) is 35.4 Å². The van der Waals surface area contributed by atoms with Gasteiger partial charge in [0, 0.05) is 25.2 Å². The maximum Gasteiger partial charge on any atom is 0.268 e. The maximum absolute atomic E-state index is 12.5. The van der Waals surface area contributed by atoms with E-state index in [0.717, 1.165) is 30.4 Å². The van der Waals surface area contributed by atoms with Crippen LogP contribution in [0.4, 0.5) is 0 Å². The van der Waals surface area contributed by atoms with E-state index in [4.69, 9.17) is 10.8 Å². The lowest BCUT2D eigenvalue weighted by atomic mass is 10.1. The Hall–Kier alpha value is -1.97. The van der Waals surface area contributed by atoms with Gasteiger partial charge in [-0.3, -0.25) is 10.2 Å². The molecule has 2 N–H and O–H groups in total. The van der Waals surface area contributed by atoms with Crippen molar-refractivity contribution in [2.75, 3.05) is 6.54 Å². The van der Waals surface area contributed by atoms with E-state index in [2.05, 4.69) is 6.92 Å². The van der Waals surface area contributed by atoms with Crippen LogP contribution >= 0.6 is 0 Å². The number of hydrogen-bond donors (Lipinski definition) is 2. The second-order valence-electron chi connectivity index (χ2n) is 5.80. The largest absolute Gasteiger partial charge is 0.333 e. The molecule has 1 rings (SSSR count). The zero-order valence-electron chi connectivity index (χ0n) is 13.9. The molecule has 0 saturated heterocycles. The van der Waals surface area contributed by atoms with Gasteiger partial charge >= 0.3 is 0 Å². The molecule has 0 spiro atoms. The Bertz CT molecular complexity index is 537. The van der Waals surface area contributed by atoms with Crippen LogP contribution in [0.5, 0.6) is 0 Å². The molecule has 22 heavy (non-hydrogen) atoms. The molecule has 1 amide bonds. The number of nitrogens with one attached hydrogen (secondary N) is 2. The van der Waals surface area contributed by atoms with Gasteiger partial charge < -0.3 is 10.3 Å². The van der Waals surface area contributed by atoms with Crippen LogP contribution in [-0.4, -0.2) is 28.8 Å². The van der Waals surface area contributed by atoms with Gasteiger partial charge in [0.2, 0.25) is 0 Å². The number of nitrogens with zero attached hydrogens (tertiary/aromatic N) is 1. The van der Waals surface area contributed by atoms with Gasteiger partial charge in [-0.1, -0.05) is 44.0 Å². The van der Waals surface area contributed by atoms with Crippen LogP contribution in [-0.2, 0) is 11.3 Å². The van der Waals surface area contributed by atoms with Crippen molar-refractivity contribution in [3.63, 3.8) is 0 Å². The molecule has 0 bridgehead atoms. The highest BCUT2D eigenvalue weighted by atomic mass is 16.2. The highest BCUT2D eigenvalue weighted by Crippen LogP contribution is 2.12. The third kappa shape index (κ3) is 5.80. The Balaban J connectivity index is 2.83. The van der Waals surface area contributed by atoms with Crippen molar-refractivity contribution in [2.45, 2.75) is 53.0 Å². The summed E-state index contributed by atoms with van der Waals surface area (Å²) in [6.45, 7) is 7.00. The predicted molar refractivity (Wildman–Crippen MR) is 91.9 cm³/mol. The van der Waals surface area contributed by atoms with Crippen LogP contribution < -0.4 is 0 Å². The molecule has 0 heterocycles. The Morgan fingerprint density at radius 2 is 1.86 bits per heavy atom. The molecular weight excluding hydrogens is 274 g/mol. The smallest absolute Gasteiger partial charge is 0.268 e. The van der Waals surface area contributed by atoms with Gasteiger partial charge in [0.15, 0.2) is 0 Å². The van der Waals surface area contributed by atoms with Gasteiger partial charge in [-0.05, 0) is 31.4 Å². The lowest BCUT2D eigenvalue weighted by Gasteiger charge is -2.24. The Labute approximate surface area is 133 Å². The topological polar surface area (TPSA) is 68.0 Å². The third-order valence-corrected chi connectivity index (χ3v) is 3.64. The molecule has 0 fully saturated rings. The van der Waals surface area contributed by atoms with Crippen molar-refractivity contribution < 1.29 is 4.79 Å². The monoisotopic (exact) mass is 301 g/mol. The van der Waals surface area contributed by atoms with Gasteiger partial charge in [-0.25, -0.2) is 0 Å². The van der Waals surface area contributed by atoms with Gasteiger partial charge in [0.05, 0.1) is 0 Å². The van der Waals surface area contributed by atoms with Crippen molar-refractivity contribution in [1.29, 1.82) is 10.8 Å². The zero-order valence-corrected chi connectivity index (χ0v) is 13.9. The van der Waals surface area contributed by atoms with E-state index in [-0.39, 0.29) is 18.0 Å². The summed E-state index contributed by atoms with van der Waals surface area (Å²) in [4.78, 5) is 14.2. The molecule has 0 atom stereocenters. The minimum atomic E-state index is -0.244. The van der Waals surface area contributed by atoms with Crippen molar-refractivity contribution in [2.24, 2.45) is 0 Å². The van der Waals surface area contributed by atoms with Crippen LogP contribution in [0.1, 0.15) is 50.7 Å². The summed E-state index contributed by atoms with van der Waals surface area (Å²) in [6.07, 6.45) is 3.26. The first-order valence-electron chi connectivity index (χ1n) is 7.91. The molecule has 120 valence electrons. The molecule has 0 unspecified atom stereocenters. The molecule has 0 aliphatic heterocycles. The highest BCUT2D eigenvalue weighted by molar-refractivity contribution is 6.40. The van der Waals surface area contributed by atoms with Crippen molar-refractivity contribution >= 4 is 17.3 Å². The van der Waals surface area contributed by atoms with E-state index in [0.29, 0.717) is 18.8 Å². The molecule has 0 aliphatic carbocycles. The second-order valence-corrected chi connectivity index (χ2v) is 5.80. The first-order valence-corrected chi connectivity index (χ1v) is 7.91. The number of hydrogen-bond acceptors (Lipinski definition) is 3. The minimum Gasteiger partial charge on any atom is -0.333 e. The predicted octanol–water partition coefficient (Wildman–Crippen LogP) is 3.96. The molecule has 1 aromatic rings. The van der Waals surface area contributed by atoms with Crippen LogP contribution in [0, 0.1) is 17.7 Å². The van der Waals surface area contributed by atoms with Crippen LogP contribution in [0.25, 0.3) is 0 Å². The van der Waals surface area contributed by atoms with Crippen LogP contribution in [0.2, 0.25) is 0 Å². The summed E-state index contributed by atoms with van der Waals surface area (Å²) in [5, 5.41) is 15.4. The number of carbonyl (C=O) groups excluding carboxylic acids is 1. The molecule has 0 radical (unpaired) electrons. The van der Waals surface area contributed by atoms with E-state index in [1.807, 2.05) is 31.2 Å². The summed E-state index contributed by atoms with van der Waals surface area (Å²) >= 11 is 0. The molecular formula is C18H27N3O. The average Bonchev–Trinajstić information content (AvgIpc) is 2.47. The highest BCUT2D eigenvalue weighted by Gasteiger charge is 2.19. The van der Waals surface area contributed by atoms with Crippen LogP contribution in [0.3, 0.4) is 0 Å². The fourth-order valence-corrected chi connectivity index (χ4v) is 2.33. The first kappa shape index (κ1) is 18.1. The van der Waals surface area contributed by atoms with E-state index in [1.165, 1.54) is 0 Å². The summed E-state index contributed by atoms with van der Waals surface area (Å²) in [7, 11) is 0. The lowest BCUT2D eigenvalue weighted by molar-refractivity contribution is -0.124. The summed E-state index contributed by atoms with van der Waals surface area (Å²) < 4.78 is 0. The molecule has 4 heteroatoms. The molecule has 1 aromatic carbocycles. The normalized spacial score (nSPS) is 10.3. The summed E-state index contributed by atoms with van der Waals surface area (Å²) in [5.74, 6) is -0.244. The number of carbonyl (C=O) groups is 1. The number of rotatable bonds is 9. The molecule has 4 nitrogen and oxygen atoms in total. The second kappa shape index (κ2) is 9.13. The number of benzene rings is 1. The van der Waals surface area contributed by atoms with Crippen molar-refractivity contribution in [1.82, 2.24) is 4.90 Å². The standard InChI is InChI=1S/C18H27N3O/c1-4-5-8-11-21(18(22)17(20)12-15(3)19)13-16-10-7-6-9-14(16)2/h6-7,9-10,19-20H,4-5,8,11-13H2,1-3H3. The quantitative estimate of drug-likeness (QED) is 0.526. The van der Waals surface area contributed by atoms with Gasteiger partial charge in [-0.2, -0.15) is 0 Å². The fourth-order valence-electron chi connectivity index (χ4n) is 2.33. The zero-order chi connectivity index (χ0) is 16.5.